The molecule has 0 unspecified atom stereocenters. The van der Waals surface area contributed by atoms with Crippen LogP contribution in [0.2, 0.25) is 0 Å². The zero-order valence-corrected chi connectivity index (χ0v) is 9.25. The SMILES string of the molecule is O=S(=O)(Cl)CCc1cccc2ncoc12. The second-order valence-corrected chi connectivity index (χ2v) is 6.01. The summed E-state index contributed by atoms with van der Waals surface area (Å²) >= 11 is 0. The number of fused-ring (bicyclic) bond motifs is 1. The molecule has 0 aliphatic rings. The first-order valence-corrected chi connectivity index (χ1v) is 6.77. The van der Waals surface area contributed by atoms with E-state index in [2.05, 4.69) is 4.98 Å². The molecule has 0 fully saturated rings. The number of benzene rings is 1. The third-order valence-electron chi connectivity index (χ3n) is 2.05. The fourth-order valence-corrected chi connectivity index (χ4v) is 2.07. The third-order valence-corrected chi connectivity index (χ3v) is 3.21. The van der Waals surface area contributed by atoms with Crippen molar-refractivity contribution in [3.05, 3.63) is 30.2 Å². The zero-order chi connectivity index (χ0) is 10.9. The number of para-hydroxylation sites is 1. The van der Waals surface area contributed by atoms with E-state index in [4.69, 9.17) is 15.1 Å². The summed E-state index contributed by atoms with van der Waals surface area (Å²) in [6, 6.07) is 5.41. The van der Waals surface area contributed by atoms with Gasteiger partial charge < -0.3 is 4.42 Å². The fraction of sp³-hybridized carbons (Fsp3) is 0.222. The van der Waals surface area contributed by atoms with Gasteiger partial charge in [-0.1, -0.05) is 12.1 Å². The van der Waals surface area contributed by atoms with Gasteiger partial charge in [0, 0.05) is 10.7 Å². The maximum Gasteiger partial charge on any atom is 0.232 e. The molecule has 0 aliphatic heterocycles. The van der Waals surface area contributed by atoms with Crippen molar-refractivity contribution in [3.8, 4) is 0 Å². The summed E-state index contributed by atoms with van der Waals surface area (Å²) in [7, 11) is 1.67. The van der Waals surface area contributed by atoms with Crippen LogP contribution >= 0.6 is 10.7 Å². The number of aryl methyl sites for hydroxylation is 1. The van der Waals surface area contributed by atoms with Crippen molar-refractivity contribution in [2.24, 2.45) is 0 Å². The van der Waals surface area contributed by atoms with Gasteiger partial charge in [0.1, 0.15) is 5.52 Å². The summed E-state index contributed by atoms with van der Waals surface area (Å²) in [6.07, 6.45) is 1.67. The van der Waals surface area contributed by atoms with Crippen LogP contribution in [0.1, 0.15) is 5.56 Å². The molecule has 1 aromatic carbocycles. The standard InChI is InChI=1S/C9H8ClNO3S/c10-15(12,13)5-4-7-2-1-3-8-9(7)14-6-11-8/h1-3,6H,4-5H2. The molecule has 1 heterocycles. The van der Waals surface area contributed by atoms with Crippen LogP contribution in [0.3, 0.4) is 0 Å². The predicted octanol–water partition coefficient (Wildman–Crippen LogP) is 1.94. The van der Waals surface area contributed by atoms with E-state index in [9.17, 15) is 8.42 Å². The lowest BCUT2D eigenvalue weighted by atomic mass is 10.1. The van der Waals surface area contributed by atoms with Crippen LogP contribution < -0.4 is 0 Å². The van der Waals surface area contributed by atoms with Gasteiger partial charge in [0.05, 0.1) is 5.75 Å². The van der Waals surface area contributed by atoms with Gasteiger partial charge in [0.2, 0.25) is 9.05 Å². The highest BCUT2D eigenvalue weighted by atomic mass is 35.7. The average Bonchev–Trinajstić information content (AvgIpc) is 2.61. The van der Waals surface area contributed by atoms with E-state index in [0.717, 1.165) is 11.1 Å². The van der Waals surface area contributed by atoms with Crippen LogP contribution in [0.5, 0.6) is 0 Å². The molecule has 0 saturated heterocycles. The summed E-state index contributed by atoms with van der Waals surface area (Å²) < 4.78 is 26.8. The van der Waals surface area contributed by atoms with Crippen molar-refractivity contribution in [2.45, 2.75) is 6.42 Å². The molecule has 0 saturated carbocycles. The minimum Gasteiger partial charge on any atom is -0.443 e. The molecule has 0 N–H and O–H groups in total. The second-order valence-electron chi connectivity index (χ2n) is 3.11. The van der Waals surface area contributed by atoms with Crippen molar-refractivity contribution in [1.29, 1.82) is 0 Å². The number of halogens is 1. The Bertz CT molecular complexity index is 576. The van der Waals surface area contributed by atoms with Gasteiger partial charge in [-0.3, -0.25) is 0 Å². The molecule has 0 radical (unpaired) electrons. The second kappa shape index (κ2) is 3.83. The monoisotopic (exact) mass is 245 g/mol. The average molecular weight is 246 g/mol. The zero-order valence-electron chi connectivity index (χ0n) is 7.68. The lowest BCUT2D eigenvalue weighted by Gasteiger charge is -1.98. The first kappa shape index (κ1) is 10.4. The normalized spacial score (nSPS) is 12.1. The van der Waals surface area contributed by atoms with E-state index in [0.29, 0.717) is 12.0 Å². The van der Waals surface area contributed by atoms with E-state index in [1.165, 1.54) is 6.39 Å². The summed E-state index contributed by atoms with van der Waals surface area (Å²) in [5.41, 5.74) is 2.14. The van der Waals surface area contributed by atoms with Crippen molar-refractivity contribution >= 4 is 30.8 Å². The van der Waals surface area contributed by atoms with E-state index in [1.54, 1.807) is 18.2 Å². The molecule has 0 spiro atoms. The third kappa shape index (κ3) is 2.49. The number of hydrogen-bond donors (Lipinski definition) is 0. The minimum atomic E-state index is -3.46. The number of oxazole rings is 1. The minimum absolute atomic E-state index is 0.103. The van der Waals surface area contributed by atoms with Gasteiger partial charge in [0.25, 0.3) is 0 Å². The van der Waals surface area contributed by atoms with E-state index >= 15 is 0 Å². The molecular formula is C9H8ClNO3S. The molecule has 0 aliphatic carbocycles. The summed E-state index contributed by atoms with van der Waals surface area (Å²) in [5, 5.41) is 0. The van der Waals surface area contributed by atoms with E-state index in [1.807, 2.05) is 0 Å². The van der Waals surface area contributed by atoms with Crippen LogP contribution in [0.4, 0.5) is 0 Å². The van der Waals surface area contributed by atoms with Crippen molar-refractivity contribution < 1.29 is 12.8 Å². The number of aromatic nitrogens is 1. The summed E-state index contributed by atoms with van der Waals surface area (Å²) in [6.45, 7) is 0. The van der Waals surface area contributed by atoms with Gasteiger partial charge in [0.15, 0.2) is 12.0 Å². The van der Waals surface area contributed by atoms with Gasteiger partial charge >= 0.3 is 0 Å². The molecule has 4 nitrogen and oxygen atoms in total. The number of hydrogen-bond acceptors (Lipinski definition) is 4. The Kier molecular flexibility index (Phi) is 2.67. The lowest BCUT2D eigenvalue weighted by molar-refractivity contribution is 0.597. The number of nitrogens with zero attached hydrogens (tertiary/aromatic N) is 1. The molecule has 6 heteroatoms. The molecule has 2 aromatic rings. The van der Waals surface area contributed by atoms with Gasteiger partial charge in [-0.15, -0.1) is 0 Å². The molecule has 0 atom stereocenters. The Balaban J connectivity index is 2.32. The van der Waals surface area contributed by atoms with Gasteiger partial charge in [-0.25, -0.2) is 13.4 Å². The highest BCUT2D eigenvalue weighted by Crippen LogP contribution is 2.18. The molecule has 2 rings (SSSR count). The number of rotatable bonds is 3. The Labute approximate surface area is 91.3 Å². The highest BCUT2D eigenvalue weighted by Gasteiger charge is 2.09. The molecule has 0 bridgehead atoms. The Morgan fingerprint density at radius 3 is 2.93 bits per heavy atom. The van der Waals surface area contributed by atoms with Gasteiger partial charge in [-0.05, 0) is 18.1 Å². The smallest absolute Gasteiger partial charge is 0.232 e. The topological polar surface area (TPSA) is 60.2 Å². The van der Waals surface area contributed by atoms with Crippen LogP contribution in [0.25, 0.3) is 11.1 Å². The van der Waals surface area contributed by atoms with Crippen molar-refractivity contribution in [3.63, 3.8) is 0 Å². The Morgan fingerprint density at radius 2 is 2.20 bits per heavy atom. The van der Waals surface area contributed by atoms with Crippen LogP contribution in [0, 0.1) is 0 Å². The quantitative estimate of drug-likeness (QED) is 0.776. The molecule has 80 valence electrons. The molecule has 0 amide bonds. The van der Waals surface area contributed by atoms with E-state index < -0.39 is 9.05 Å². The summed E-state index contributed by atoms with van der Waals surface area (Å²) in [4.78, 5) is 3.97. The molecule has 15 heavy (non-hydrogen) atoms. The van der Waals surface area contributed by atoms with Crippen LogP contribution in [0.15, 0.2) is 29.0 Å². The summed E-state index contributed by atoms with van der Waals surface area (Å²) in [5.74, 6) is -0.103. The predicted molar refractivity (Wildman–Crippen MR) is 57.4 cm³/mol. The fourth-order valence-electron chi connectivity index (χ4n) is 1.37. The van der Waals surface area contributed by atoms with Gasteiger partial charge in [-0.2, -0.15) is 0 Å². The highest BCUT2D eigenvalue weighted by molar-refractivity contribution is 8.13. The maximum atomic E-state index is 10.8. The first-order chi connectivity index (χ1) is 7.06. The maximum absolute atomic E-state index is 10.8. The molecular weight excluding hydrogens is 238 g/mol. The lowest BCUT2D eigenvalue weighted by Crippen LogP contribution is -2.01. The van der Waals surface area contributed by atoms with Crippen molar-refractivity contribution in [2.75, 3.05) is 5.75 Å². The molecule has 1 aromatic heterocycles. The Morgan fingerprint density at radius 1 is 1.40 bits per heavy atom. The first-order valence-electron chi connectivity index (χ1n) is 4.30. The largest absolute Gasteiger partial charge is 0.443 e. The van der Waals surface area contributed by atoms with Crippen molar-refractivity contribution in [1.82, 2.24) is 4.98 Å². The Hall–Kier alpha value is -1.07. The van der Waals surface area contributed by atoms with Crippen LogP contribution in [-0.2, 0) is 15.5 Å². The van der Waals surface area contributed by atoms with Crippen LogP contribution in [-0.4, -0.2) is 19.2 Å². The van der Waals surface area contributed by atoms with E-state index in [-0.39, 0.29) is 5.75 Å².